The molecule has 1 fully saturated rings. The van der Waals surface area contributed by atoms with Crippen LogP contribution in [0.4, 0.5) is 0 Å². The average Bonchev–Trinajstić information content (AvgIpc) is 2.20. The van der Waals surface area contributed by atoms with E-state index < -0.39 is 0 Å². The molecule has 0 radical (unpaired) electrons. The fraction of sp³-hybridized carbons (Fsp3) is 0.909. The zero-order valence-electron chi connectivity index (χ0n) is 9.05. The van der Waals surface area contributed by atoms with Gasteiger partial charge in [-0.25, -0.2) is 0 Å². The SMILES string of the molecule is CCNC(=S)OCCC1CCCCC1. The maximum absolute atomic E-state index is 5.41. The van der Waals surface area contributed by atoms with Crippen molar-refractivity contribution in [2.45, 2.75) is 45.4 Å². The Bertz CT molecular complexity index is 167. The summed E-state index contributed by atoms with van der Waals surface area (Å²) in [6.07, 6.45) is 8.18. The third-order valence-corrected chi connectivity index (χ3v) is 3.07. The van der Waals surface area contributed by atoms with Crippen LogP contribution in [0.25, 0.3) is 0 Å². The van der Waals surface area contributed by atoms with Crippen molar-refractivity contribution in [1.29, 1.82) is 0 Å². The summed E-state index contributed by atoms with van der Waals surface area (Å²) < 4.78 is 5.41. The number of hydrogen-bond acceptors (Lipinski definition) is 2. The van der Waals surface area contributed by atoms with E-state index >= 15 is 0 Å². The molecule has 1 rings (SSSR count). The molecule has 0 amide bonds. The lowest BCUT2D eigenvalue weighted by Crippen LogP contribution is -2.24. The molecule has 0 atom stereocenters. The van der Waals surface area contributed by atoms with Crippen molar-refractivity contribution >= 4 is 17.4 Å². The number of thiocarbonyl (C=S) groups is 1. The molecule has 1 aliphatic rings. The lowest BCUT2D eigenvalue weighted by Gasteiger charge is -2.21. The first-order valence-corrected chi connectivity index (χ1v) is 6.14. The second-order valence-electron chi connectivity index (χ2n) is 3.96. The van der Waals surface area contributed by atoms with Gasteiger partial charge < -0.3 is 10.1 Å². The van der Waals surface area contributed by atoms with Gasteiger partial charge in [0.25, 0.3) is 5.17 Å². The monoisotopic (exact) mass is 215 g/mol. The van der Waals surface area contributed by atoms with Crippen LogP contribution in [0, 0.1) is 5.92 Å². The molecule has 0 bridgehead atoms. The van der Waals surface area contributed by atoms with Crippen LogP contribution in [0.5, 0.6) is 0 Å². The second-order valence-corrected chi connectivity index (χ2v) is 4.33. The number of ether oxygens (including phenoxy) is 1. The summed E-state index contributed by atoms with van der Waals surface area (Å²) in [5, 5.41) is 3.55. The zero-order chi connectivity index (χ0) is 10.2. The van der Waals surface area contributed by atoms with E-state index in [9.17, 15) is 0 Å². The molecule has 2 nitrogen and oxygen atoms in total. The third kappa shape index (κ3) is 4.80. The van der Waals surface area contributed by atoms with E-state index in [4.69, 9.17) is 17.0 Å². The van der Waals surface area contributed by atoms with E-state index in [1.807, 2.05) is 6.92 Å². The minimum Gasteiger partial charge on any atom is -0.471 e. The molecule has 0 unspecified atom stereocenters. The van der Waals surface area contributed by atoms with Crippen molar-refractivity contribution in [1.82, 2.24) is 5.32 Å². The van der Waals surface area contributed by atoms with Gasteiger partial charge in [-0.2, -0.15) is 0 Å². The van der Waals surface area contributed by atoms with Crippen LogP contribution in [0.3, 0.4) is 0 Å². The number of nitrogens with one attached hydrogen (secondary N) is 1. The molecule has 0 aromatic heterocycles. The number of rotatable bonds is 4. The predicted molar refractivity (Wildman–Crippen MR) is 63.4 cm³/mol. The topological polar surface area (TPSA) is 21.3 Å². The molecule has 0 aliphatic heterocycles. The highest BCUT2D eigenvalue weighted by Gasteiger charge is 2.13. The van der Waals surface area contributed by atoms with E-state index in [-0.39, 0.29) is 0 Å². The summed E-state index contributed by atoms with van der Waals surface area (Å²) in [4.78, 5) is 0. The van der Waals surface area contributed by atoms with Gasteiger partial charge >= 0.3 is 0 Å². The summed E-state index contributed by atoms with van der Waals surface area (Å²) in [7, 11) is 0. The van der Waals surface area contributed by atoms with E-state index in [1.54, 1.807) is 0 Å². The lowest BCUT2D eigenvalue weighted by atomic mass is 9.87. The van der Waals surface area contributed by atoms with Crippen molar-refractivity contribution < 1.29 is 4.74 Å². The first kappa shape index (κ1) is 11.8. The number of hydrogen-bond donors (Lipinski definition) is 1. The van der Waals surface area contributed by atoms with Crippen LogP contribution in [0.15, 0.2) is 0 Å². The largest absolute Gasteiger partial charge is 0.471 e. The molecular formula is C11H21NOS. The van der Waals surface area contributed by atoms with Gasteiger partial charge in [-0.1, -0.05) is 32.1 Å². The van der Waals surface area contributed by atoms with Gasteiger partial charge in [-0.05, 0) is 31.5 Å². The van der Waals surface area contributed by atoms with Crippen molar-refractivity contribution in [3.63, 3.8) is 0 Å². The Labute approximate surface area is 92.4 Å². The Morgan fingerprint density at radius 2 is 2.07 bits per heavy atom. The van der Waals surface area contributed by atoms with Gasteiger partial charge in [0.15, 0.2) is 0 Å². The van der Waals surface area contributed by atoms with E-state index in [1.165, 1.54) is 38.5 Å². The predicted octanol–water partition coefficient (Wildman–Crippen LogP) is 2.87. The van der Waals surface area contributed by atoms with Crippen LogP contribution in [-0.2, 0) is 4.74 Å². The summed E-state index contributed by atoms with van der Waals surface area (Å²) in [6.45, 7) is 3.66. The fourth-order valence-electron chi connectivity index (χ4n) is 1.99. The second kappa shape index (κ2) is 7.04. The summed E-state index contributed by atoms with van der Waals surface area (Å²) in [5.41, 5.74) is 0. The Hall–Kier alpha value is -0.310. The van der Waals surface area contributed by atoms with Crippen LogP contribution in [0.2, 0.25) is 0 Å². The Morgan fingerprint density at radius 3 is 2.71 bits per heavy atom. The van der Waals surface area contributed by atoms with Crippen LogP contribution in [0.1, 0.15) is 45.4 Å². The van der Waals surface area contributed by atoms with Gasteiger partial charge in [0.1, 0.15) is 0 Å². The van der Waals surface area contributed by atoms with Crippen molar-refractivity contribution in [3.8, 4) is 0 Å². The van der Waals surface area contributed by atoms with E-state index in [0.29, 0.717) is 5.17 Å². The first-order chi connectivity index (χ1) is 6.83. The first-order valence-electron chi connectivity index (χ1n) is 5.73. The molecule has 82 valence electrons. The molecule has 0 aromatic carbocycles. The minimum atomic E-state index is 0.559. The van der Waals surface area contributed by atoms with Crippen LogP contribution in [-0.4, -0.2) is 18.3 Å². The molecule has 0 aromatic rings. The zero-order valence-corrected chi connectivity index (χ0v) is 9.87. The molecule has 1 N–H and O–H groups in total. The maximum atomic E-state index is 5.41. The highest BCUT2D eigenvalue weighted by atomic mass is 32.1. The summed E-state index contributed by atoms with van der Waals surface area (Å²) in [6, 6.07) is 0. The van der Waals surface area contributed by atoms with Gasteiger partial charge in [-0.15, -0.1) is 0 Å². The molecule has 0 heterocycles. The Balaban J connectivity index is 1.99. The van der Waals surface area contributed by atoms with Crippen LogP contribution >= 0.6 is 12.2 Å². The average molecular weight is 215 g/mol. The van der Waals surface area contributed by atoms with Crippen molar-refractivity contribution in [2.24, 2.45) is 5.92 Å². The van der Waals surface area contributed by atoms with Crippen LogP contribution < -0.4 is 5.32 Å². The highest BCUT2D eigenvalue weighted by molar-refractivity contribution is 7.80. The van der Waals surface area contributed by atoms with Gasteiger partial charge in [0.05, 0.1) is 6.61 Å². The molecule has 0 spiro atoms. The molecule has 14 heavy (non-hydrogen) atoms. The molecular weight excluding hydrogens is 194 g/mol. The fourth-order valence-corrected chi connectivity index (χ4v) is 2.22. The minimum absolute atomic E-state index is 0.559. The normalized spacial score (nSPS) is 17.8. The van der Waals surface area contributed by atoms with Gasteiger partial charge in [-0.3, -0.25) is 0 Å². The summed E-state index contributed by atoms with van der Waals surface area (Å²) >= 11 is 4.99. The Morgan fingerprint density at radius 1 is 1.36 bits per heavy atom. The molecule has 0 saturated heterocycles. The third-order valence-electron chi connectivity index (χ3n) is 2.81. The Kier molecular flexibility index (Phi) is 5.92. The quantitative estimate of drug-likeness (QED) is 0.729. The van der Waals surface area contributed by atoms with Gasteiger partial charge in [0, 0.05) is 6.54 Å². The van der Waals surface area contributed by atoms with Crippen molar-refractivity contribution in [2.75, 3.05) is 13.2 Å². The highest BCUT2D eigenvalue weighted by Crippen LogP contribution is 2.25. The maximum Gasteiger partial charge on any atom is 0.256 e. The standard InChI is InChI=1S/C11H21NOS/c1-2-12-11(14)13-9-8-10-6-4-3-5-7-10/h10H,2-9H2,1H3,(H,12,14). The van der Waals surface area contributed by atoms with Gasteiger partial charge in [0.2, 0.25) is 0 Å². The van der Waals surface area contributed by atoms with E-state index in [0.717, 1.165) is 19.1 Å². The summed E-state index contributed by atoms with van der Waals surface area (Å²) in [5.74, 6) is 0.883. The van der Waals surface area contributed by atoms with E-state index in [2.05, 4.69) is 5.32 Å². The molecule has 1 aliphatic carbocycles. The van der Waals surface area contributed by atoms with Crippen molar-refractivity contribution in [3.05, 3.63) is 0 Å². The lowest BCUT2D eigenvalue weighted by molar-refractivity contribution is 0.235. The molecule has 1 saturated carbocycles. The molecule has 3 heteroatoms. The smallest absolute Gasteiger partial charge is 0.256 e.